The highest BCUT2D eigenvalue weighted by atomic mass is 35.5. The summed E-state index contributed by atoms with van der Waals surface area (Å²) in [6.45, 7) is 1.53. The smallest absolute Gasteiger partial charge is 0.290 e. The molecule has 7 heteroatoms. The number of likely N-dealkylation sites (N-methyl/N-ethyl adjacent to an activating group) is 1. The van der Waals surface area contributed by atoms with Gasteiger partial charge in [-0.05, 0) is 38.6 Å². The number of carbonyl (C=O) groups is 1. The molecule has 0 aliphatic carbocycles. The summed E-state index contributed by atoms with van der Waals surface area (Å²) in [7, 11) is 2.12. The Morgan fingerprint density at radius 3 is 2.87 bits per heavy atom. The fraction of sp³-hybridized carbons (Fsp3) is 0.438. The molecule has 2 heterocycles. The van der Waals surface area contributed by atoms with Gasteiger partial charge in [0.15, 0.2) is 0 Å². The fourth-order valence-corrected chi connectivity index (χ4v) is 3.14. The molecule has 0 bridgehead atoms. The summed E-state index contributed by atoms with van der Waals surface area (Å²) in [5.74, 6) is 0. The number of nitrogens with zero attached hydrogens (tertiary/aromatic N) is 3. The molecule has 1 aliphatic heterocycles. The van der Waals surface area contributed by atoms with E-state index in [0.717, 1.165) is 13.0 Å². The van der Waals surface area contributed by atoms with E-state index in [1.54, 1.807) is 17.0 Å². The highest BCUT2D eigenvalue weighted by Gasteiger charge is 2.20. The van der Waals surface area contributed by atoms with Crippen molar-refractivity contribution in [2.24, 2.45) is 0 Å². The molecule has 6 nitrogen and oxygen atoms in total. The average Bonchev–Trinajstić information content (AvgIpc) is 2.53. The second-order valence-electron chi connectivity index (χ2n) is 5.57. The van der Waals surface area contributed by atoms with Crippen molar-refractivity contribution >= 4 is 29.0 Å². The maximum atomic E-state index is 12.5. The van der Waals surface area contributed by atoms with Gasteiger partial charge in [-0.15, -0.1) is 0 Å². The summed E-state index contributed by atoms with van der Waals surface area (Å²) in [6.07, 6.45) is 5.24. The van der Waals surface area contributed by atoms with Crippen LogP contribution in [0.25, 0.3) is 10.9 Å². The molecule has 0 saturated carbocycles. The molecule has 1 saturated heterocycles. The van der Waals surface area contributed by atoms with Crippen LogP contribution in [0.1, 0.15) is 19.3 Å². The van der Waals surface area contributed by atoms with Crippen LogP contribution in [0.3, 0.4) is 0 Å². The minimum absolute atomic E-state index is 0.0421. The third kappa shape index (κ3) is 4.09. The van der Waals surface area contributed by atoms with Crippen LogP contribution in [0.5, 0.6) is 0 Å². The molecular weight excluding hydrogens is 318 g/mol. The number of piperidine rings is 1. The van der Waals surface area contributed by atoms with E-state index in [4.69, 9.17) is 21.5 Å². The first-order valence-electron chi connectivity index (χ1n) is 7.50. The van der Waals surface area contributed by atoms with Crippen LogP contribution in [0.2, 0.25) is 5.02 Å². The molecule has 0 radical (unpaired) electrons. The van der Waals surface area contributed by atoms with Gasteiger partial charge in [-0.2, -0.15) is 0 Å². The van der Waals surface area contributed by atoms with Gasteiger partial charge in [0.05, 0.1) is 22.3 Å². The minimum Gasteiger partial charge on any atom is -0.483 e. The number of likely N-dealkylation sites (tertiary alicyclic amines) is 1. The van der Waals surface area contributed by atoms with Gasteiger partial charge in [0.1, 0.15) is 0 Å². The molecule has 1 unspecified atom stereocenters. The van der Waals surface area contributed by atoms with Crippen LogP contribution >= 0.6 is 11.6 Å². The Morgan fingerprint density at radius 1 is 1.43 bits per heavy atom. The number of hydrogen-bond donors (Lipinski definition) is 1. The summed E-state index contributed by atoms with van der Waals surface area (Å²) in [5.41, 5.74) is 0.621. The van der Waals surface area contributed by atoms with Crippen molar-refractivity contribution in [1.29, 1.82) is 0 Å². The number of halogens is 1. The molecule has 0 spiro atoms. The molecular formula is C16H20ClN3O3. The first-order valence-corrected chi connectivity index (χ1v) is 7.88. The van der Waals surface area contributed by atoms with Gasteiger partial charge in [0.25, 0.3) is 12.0 Å². The predicted molar refractivity (Wildman–Crippen MR) is 90.0 cm³/mol. The van der Waals surface area contributed by atoms with Crippen molar-refractivity contribution in [3.63, 3.8) is 0 Å². The Labute approximate surface area is 139 Å². The molecule has 1 aliphatic rings. The van der Waals surface area contributed by atoms with Crippen molar-refractivity contribution < 1.29 is 9.90 Å². The van der Waals surface area contributed by atoms with Gasteiger partial charge in [0.2, 0.25) is 0 Å². The van der Waals surface area contributed by atoms with E-state index in [0.29, 0.717) is 28.5 Å². The Morgan fingerprint density at radius 2 is 2.17 bits per heavy atom. The number of aromatic nitrogens is 2. The number of fused-ring (bicyclic) bond motifs is 1. The summed E-state index contributed by atoms with van der Waals surface area (Å²) < 4.78 is 1.70. The molecule has 3 rings (SSSR count). The number of rotatable bonds is 2. The highest BCUT2D eigenvalue weighted by molar-refractivity contribution is 6.35. The summed E-state index contributed by atoms with van der Waals surface area (Å²) in [4.78, 5) is 27.6. The van der Waals surface area contributed by atoms with Crippen molar-refractivity contribution in [2.45, 2.75) is 31.8 Å². The van der Waals surface area contributed by atoms with Crippen molar-refractivity contribution in [3.05, 3.63) is 39.9 Å². The fourth-order valence-electron chi connectivity index (χ4n) is 2.89. The largest absolute Gasteiger partial charge is 0.483 e. The summed E-state index contributed by atoms with van der Waals surface area (Å²) >= 11 is 6.14. The van der Waals surface area contributed by atoms with Crippen LogP contribution in [0.15, 0.2) is 29.3 Å². The normalized spacial score (nSPS) is 18.3. The third-order valence-corrected chi connectivity index (χ3v) is 4.45. The standard InChI is InChI=1S/C15H18ClN3O.CH2O2/c1-18-8-3-2-5-11(18)9-19-10-17-13-7-4-6-12(16)14(13)15(19)20;2-1-3/h4,6-7,10-11H,2-3,5,8-9H2,1H3;1H,(H,2,3). The van der Waals surface area contributed by atoms with Gasteiger partial charge in [-0.3, -0.25) is 14.2 Å². The number of hydrogen-bond acceptors (Lipinski definition) is 4. The summed E-state index contributed by atoms with van der Waals surface area (Å²) in [5, 5.41) is 7.89. The zero-order valence-electron chi connectivity index (χ0n) is 13.0. The SMILES string of the molecule is CN1CCCCC1Cn1cnc2cccc(Cl)c2c1=O.O=CO. The molecule has 1 aromatic heterocycles. The lowest BCUT2D eigenvalue weighted by molar-refractivity contribution is -0.122. The van der Waals surface area contributed by atoms with Crippen LogP contribution in [-0.2, 0) is 11.3 Å². The lowest BCUT2D eigenvalue weighted by Gasteiger charge is -2.32. The zero-order valence-corrected chi connectivity index (χ0v) is 13.7. The second kappa shape index (κ2) is 8.08. The molecule has 23 heavy (non-hydrogen) atoms. The van der Waals surface area contributed by atoms with E-state index >= 15 is 0 Å². The maximum Gasteiger partial charge on any atom is 0.290 e. The Bertz CT molecular complexity index is 732. The van der Waals surface area contributed by atoms with Crippen LogP contribution in [0, 0.1) is 0 Å². The van der Waals surface area contributed by atoms with Gasteiger partial charge in [-0.1, -0.05) is 24.1 Å². The molecule has 1 N–H and O–H groups in total. The molecule has 1 fully saturated rings. The van der Waals surface area contributed by atoms with E-state index < -0.39 is 0 Å². The van der Waals surface area contributed by atoms with Crippen molar-refractivity contribution in [1.82, 2.24) is 14.5 Å². The van der Waals surface area contributed by atoms with Crippen LogP contribution < -0.4 is 5.56 Å². The van der Waals surface area contributed by atoms with E-state index in [-0.39, 0.29) is 12.0 Å². The van der Waals surface area contributed by atoms with Crippen molar-refractivity contribution in [3.8, 4) is 0 Å². The molecule has 124 valence electrons. The molecule has 0 amide bonds. The van der Waals surface area contributed by atoms with Crippen LogP contribution in [0.4, 0.5) is 0 Å². The first-order chi connectivity index (χ1) is 11.1. The van der Waals surface area contributed by atoms with E-state index in [1.165, 1.54) is 12.8 Å². The Kier molecular flexibility index (Phi) is 6.12. The lowest BCUT2D eigenvalue weighted by atomic mass is 10.0. The topological polar surface area (TPSA) is 75.4 Å². The second-order valence-corrected chi connectivity index (χ2v) is 5.98. The average molecular weight is 338 g/mol. The third-order valence-electron chi connectivity index (χ3n) is 4.13. The van der Waals surface area contributed by atoms with Crippen molar-refractivity contribution in [2.75, 3.05) is 13.6 Å². The first kappa shape index (κ1) is 17.4. The Balaban J connectivity index is 0.000000595. The number of benzene rings is 1. The lowest BCUT2D eigenvalue weighted by Crippen LogP contribution is -2.41. The van der Waals surface area contributed by atoms with E-state index in [9.17, 15) is 4.79 Å². The predicted octanol–water partition coefficient (Wildman–Crippen LogP) is 2.23. The van der Waals surface area contributed by atoms with E-state index in [2.05, 4.69) is 16.9 Å². The van der Waals surface area contributed by atoms with Gasteiger partial charge in [-0.25, -0.2) is 4.98 Å². The van der Waals surface area contributed by atoms with Crippen LogP contribution in [-0.4, -0.2) is 45.7 Å². The molecule has 2 aromatic rings. The van der Waals surface area contributed by atoms with Gasteiger partial charge in [0, 0.05) is 12.6 Å². The highest BCUT2D eigenvalue weighted by Crippen LogP contribution is 2.19. The maximum absolute atomic E-state index is 12.5. The minimum atomic E-state index is -0.250. The van der Waals surface area contributed by atoms with Gasteiger partial charge >= 0.3 is 0 Å². The molecule has 1 aromatic carbocycles. The molecule has 1 atom stereocenters. The van der Waals surface area contributed by atoms with E-state index in [1.807, 2.05) is 12.1 Å². The zero-order chi connectivity index (χ0) is 16.8. The van der Waals surface area contributed by atoms with Gasteiger partial charge < -0.3 is 10.0 Å². The Hall–Kier alpha value is -1.92. The monoisotopic (exact) mass is 337 g/mol. The quantitative estimate of drug-likeness (QED) is 0.850. The number of carboxylic acid groups (broad SMARTS) is 1. The summed E-state index contributed by atoms with van der Waals surface area (Å²) in [6, 6.07) is 5.78.